The van der Waals surface area contributed by atoms with Gasteiger partial charge in [-0.3, -0.25) is 4.79 Å². The van der Waals surface area contributed by atoms with Crippen LogP contribution in [0, 0.1) is 11.3 Å². The summed E-state index contributed by atoms with van der Waals surface area (Å²) in [5.41, 5.74) is 1.25. The van der Waals surface area contributed by atoms with Crippen molar-refractivity contribution < 1.29 is 27.4 Å². The third-order valence-electron chi connectivity index (χ3n) is 4.88. The molecule has 33 heavy (non-hydrogen) atoms. The number of benzene rings is 2. The first-order valence-corrected chi connectivity index (χ1v) is 11.8. The summed E-state index contributed by atoms with van der Waals surface area (Å²) in [5, 5.41) is 14.8. The molecule has 0 atom stereocenters. The highest BCUT2D eigenvalue weighted by Crippen LogP contribution is 2.30. The van der Waals surface area contributed by atoms with Crippen LogP contribution in [0.25, 0.3) is 0 Å². The van der Waals surface area contributed by atoms with Gasteiger partial charge in [-0.05, 0) is 43.3 Å². The van der Waals surface area contributed by atoms with Crippen LogP contribution in [-0.2, 0) is 19.6 Å². The number of sulfonamides is 1. The van der Waals surface area contributed by atoms with Crippen molar-refractivity contribution in [2.24, 2.45) is 0 Å². The average molecular weight is 475 g/mol. The van der Waals surface area contributed by atoms with Gasteiger partial charge in [0, 0.05) is 18.8 Å². The monoisotopic (exact) mass is 474 g/mol. The molecule has 0 aliphatic carbocycles. The second kappa shape index (κ2) is 11.0. The fraction of sp³-hybridized carbons (Fsp3) is 0.364. The van der Waals surface area contributed by atoms with E-state index in [1.807, 2.05) is 13.0 Å². The van der Waals surface area contributed by atoms with Crippen molar-refractivity contribution in [2.45, 2.75) is 11.8 Å². The van der Waals surface area contributed by atoms with Crippen LogP contribution in [0.2, 0.25) is 0 Å². The molecule has 2 aromatic rings. The van der Waals surface area contributed by atoms with E-state index in [1.165, 1.54) is 23.5 Å². The van der Waals surface area contributed by atoms with Gasteiger partial charge in [-0.15, -0.1) is 0 Å². The Morgan fingerprint density at radius 2 is 1.91 bits per heavy atom. The van der Waals surface area contributed by atoms with Gasteiger partial charge in [0.2, 0.25) is 15.9 Å². The number of anilines is 2. The lowest BCUT2D eigenvalue weighted by Crippen LogP contribution is -2.40. The van der Waals surface area contributed by atoms with E-state index in [2.05, 4.69) is 10.6 Å². The first-order chi connectivity index (χ1) is 15.9. The minimum atomic E-state index is -3.82. The third kappa shape index (κ3) is 5.92. The molecule has 0 spiro atoms. The molecule has 1 fully saturated rings. The topological polar surface area (TPSA) is 130 Å². The van der Waals surface area contributed by atoms with E-state index in [0.29, 0.717) is 42.5 Å². The minimum Gasteiger partial charge on any atom is -0.495 e. The molecule has 1 aliphatic heterocycles. The number of nitrogens with one attached hydrogen (secondary N) is 2. The molecule has 0 bridgehead atoms. The van der Waals surface area contributed by atoms with E-state index in [-0.39, 0.29) is 30.3 Å². The Hall–Kier alpha value is -3.33. The van der Waals surface area contributed by atoms with Crippen molar-refractivity contribution in [1.82, 2.24) is 4.31 Å². The highest BCUT2D eigenvalue weighted by molar-refractivity contribution is 7.89. The summed E-state index contributed by atoms with van der Waals surface area (Å²) in [5.74, 6) is 0.305. The van der Waals surface area contributed by atoms with Gasteiger partial charge >= 0.3 is 0 Å². The summed E-state index contributed by atoms with van der Waals surface area (Å²) in [6.07, 6.45) is 0. The standard InChI is InChI=1S/C22H26N4O6S/c1-3-32-19-6-4-16(14-23)12-18(19)24-15-22(27)25-17-5-7-20(30-2)21(13-17)33(28,29)26-8-10-31-11-9-26/h4-7,12-13,24H,3,8-11,15H2,1-2H3,(H,25,27). The molecule has 1 saturated heterocycles. The molecule has 1 aliphatic rings. The van der Waals surface area contributed by atoms with Gasteiger partial charge in [-0.25, -0.2) is 8.42 Å². The number of morpholine rings is 1. The predicted molar refractivity (Wildman–Crippen MR) is 122 cm³/mol. The zero-order valence-electron chi connectivity index (χ0n) is 18.5. The fourth-order valence-electron chi connectivity index (χ4n) is 3.28. The van der Waals surface area contributed by atoms with E-state index in [4.69, 9.17) is 19.5 Å². The summed E-state index contributed by atoms with van der Waals surface area (Å²) < 4.78 is 43.5. The van der Waals surface area contributed by atoms with Crippen LogP contribution < -0.4 is 20.1 Å². The SMILES string of the molecule is CCOc1ccc(C#N)cc1NCC(=O)Nc1ccc(OC)c(S(=O)(=O)N2CCOCC2)c1. The fourth-order valence-corrected chi connectivity index (χ4v) is 4.87. The maximum absolute atomic E-state index is 13.1. The van der Waals surface area contributed by atoms with Crippen LogP contribution in [0.3, 0.4) is 0 Å². The van der Waals surface area contributed by atoms with Crippen molar-refractivity contribution in [1.29, 1.82) is 5.26 Å². The number of ether oxygens (including phenoxy) is 3. The zero-order valence-corrected chi connectivity index (χ0v) is 19.3. The molecule has 2 aromatic carbocycles. The van der Waals surface area contributed by atoms with Crippen LogP contribution in [0.5, 0.6) is 11.5 Å². The van der Waals surface area contributed by atoms with E-state index in [1.54, 1.807) is 24.3 Å². The molecule has 1 amide bonds. The summed E-state index contributed by atoms with van der Waals surface area (Å²) in [7, 11) is -2.43. The number of nitriles is 1. The van der Waals surface area contributed by atoms with Crippen LogP contribution in [-0.4, -0.2) is 65.2 Å². The van der Waals surface area contributed by atoms with Gasteiger partial charge in [-0.2, -0.15) is 9.57 Å². The molecule has 2 N–H and O–H groups in total. The quantitative estimate of drug-likeness (QED) is 0.565. The second-order valence-corrected chi connectivity index (χ2v) is 8.95. The van der Waals surface area contributed by atoms with E-state index >= 15 is 0 Å². The minimum absolute atomic E-state index is 0.0296. The van der Waals surface area contributed by atoms with Gasteiger partial charge in [0.05, 0.1) is 50.8 Å². The van der Waals surface area contributed by atoms with Crippen molar-refractivity contribution in [3.63, 3.8) is 0 Å². The summed E-state index contributed by atoms with van der Waals surface area (Å²) in [6, 6.07) is 11.4. The van der Waals surface area contributed by atoms with Crippen LogP contribution in [0.15, 0.2) is 41.3 Å². The van der Waals surface area contributed by atoms with Crippen molar-refractivity contribution >= 4 is 27.3 Å². The number of carbonyl (C=O) groups is 1. The molecule has 0 saturated carbocycles. The van der Waals surface area contributed by atoms with Crippen molar-refractivity contribution in [3.8, 4) is 17.6 Å². The summed E-state index contributed by atoms with van der Waals surface area (Å²) >= 11 is 0. The molecule has 10 nitrogen and oxygen atoms in total. The molecule has 176 valence electrons. The Morgan fingerprint density at radius 1 is 1.18 bits per heavy atom. The lowest BCUT2D eigenvalue weighted by atomic mass is 10.2. The highest BCUT2D eigenvalue weighted by atomic mass is 32.2. The molecule has 11 heteroatoms. The first-order valence-electron chi connectivity index (χ1n) is 10.4. The zero-order chi connectivity index (χ0) is 23.8. The summed E-state index contributed by atoms with van der Waals surface area (Å²) in [4.78, 5) is 12.5. The number of hydrogen-bond acceptors (Lipinski definition) is 8. The van der Waals surface area contributed by atoms with Gasteiger partial charge in [0.15, 0.2) is 0 Å². The second-order valence-electron chi connectivity index (χ2n) is 7.04. The summed E-state index contributed by atoms with van der Waals surface area (Å²) in [6.45, 7) is 3.28. The molecule has 0 aromatic heterocycles. The van der Waals surface area contributed by atoms with Gasteiger partial charge in [0.25, 0.3) is 0 Å². The smallest absolute Gasteiger partial charge is 0.246 e. The molecule has 1 heterocycles. The normalized spacial score (nSPS) is 14.2. The van der Waals surface area contributed by atoms with Gasteiger partial charge < -0.3 is 24.8 Å². The Kier molecular flexibility index (Phi) is 8.11. The average Bonchev–Trinajstić information content (AvgIpc) is 2.84. The van der Waals surface area contributed by atoms with E-state index in [9.17, 15) is 13.2 Å². The van der Waals surface area contributed by atoms with Crippen LogP contribution >= 0.6 is 0 Å². The maximum Gasteiger partial charge on any atom is 0.246 e. The lowest BCUT2D eigenvalue weighted by Gasteiger charge is -2.26. The Bertz CT molecular complexity index is 1140. The number of rotatable bonds is 9. The number of carbonyl (C=O) groups excluding carboxylic acids is 1. The highest BCUT2D eigenvalue weighted by Gasteiger charge is 2.29. The van der Waals surface area contributed by atoms with Crippen molar-refractivity contribution in [3.05, 3.63) is 42.0 Å². The lowest BCUT2D eigenvalue weighted by molar-refractivity contribution is -0.114. The van der Waals surface area contributed by atoms with Gasteiger partial charge in [-0.1, -0.05) is 0 Å². The third-order valence-corrected chi connectivity index (χ3v) is 6.80. The number of nitrogens with zero attached hydrogens (tertiary/aromatic N) is 2. The van der Waals surface area contributed by atoms with Crippen LogP contribution in [0.4, 0.5) is 11.4 Å². The number of hydrogen-bond donors (Lipinski definition) is 2. The molecule has 3 rings (SSSR count). The Morgan fingerprint density at radius 3 is 2.58 bits per heavy atom. The Balaban J connectivity index is 1.74. The molecule has 0 radical (unpaired) electrons. The molecular formula is C22H26N4O6S. The number of amides is 1. The predicted octanol–water partition coefficient (Wildman–Crippen LogP) is 2.04. The van der Waals surface area contributed by atoms with Crippen molar-refractivity contribution in [2.75, 3.05) is 57.2 Å². The Labute approximate surface area is 193 Å². The molecule has 0 unspecified atom stereocenters. The maximum atomic E-state index is 13.1. The van der Waals surface area contributed by atoms with Crippen LogP contribution in [0.1, 0.15) is 12.5 Å². The van der Waals surface area contributed by atoms with Gasteiger partial charge in [0.1, 0.15) is 16.4 Å². The van der Waals surface area contributed by atoms with E-state index < -0.39 is 15.9 Å². The first kappa shape index (κ1) is 24.3. The largest absolute Gasteiger partial charge is 0.495 e. The number of methoxy groups -OCH3 is 1. The van der Waals surface area contributed by atoms with E-state index in [0.717, 1.165) is 0 Å². The molecular weight excluding hydrogens is 448 g/mol.